The van der Waals surface area contributed by atoms with Crippen molar-refractivity contribution in [2.75, 3.05) is 13.2 Å². The molecular formula is C16H14FN3O2. The van der Waals surface area contributed by atoms with Crippen molar-refractivity contribution >= 4 is 16.8 Å². The summed E-state index contributed by atoms with van der Waals surface area (Å²) in [5.74, 6) is -0.574. The number of amides is 1. The Bertz CT molecular complexity index is 812. The molecule has 3 rings (SSSR count). The molecule has 3 N–H and O–H groups in total. The van der Waals surface area contributed by atoms with Crippen LogP contribution in [0, 0.1) is 5.82 Å². The zero-order valence-corrected chi connectivity index (χ0v) is 11.6. The van der Waals surface area contributed by atoms with Crippen LogP contribution in [0.4, 0.5) is 4.39 Å². The van der Waals surface area contributed by atoms with Gasteiger partial charge in [0.1, 0.15) is 5.82 Å². The number of halogens is 1. The molecule has 1 heterocycles. The van der Waals surface area contributed by atoms with Gasteiger partial charge in [-0.1, -0.05) is 0 Å². The highest BCUT2D eigenvalue weighted by Crippen LogP contribution is 2.27. The van der Waals surface area contributed by atoms with Gasteiger partial charge in [0.25, 0.3) is 5.91 Å². The molecule has 0 aliphatic heterocycles. The van der Waals surface area contributed by atoms with Gasteiger partial charge in [-0.15, -0.1) is 0 Å². The third kappa shape index (κ3) is 2.68. The number of rotatable bonds is 4. The zero-order chi connectivity index (χ0) is 15.5. The summed E-state index contributed by atoms with van der Waals surface area (Å²) in [7, 11) is 0. The molecule has 0 unspecified atom stereocenters. The predicted octanol–water partition coefficient (Wildman–Crippen LogP) is 2.09. The summed E-state index contributed by atoms with van der Waals surface area (Å²) in [6.45, 7) is 0.0909. The molecule has 0 saturated carbocycles. The van der Waals surface area contributed by atoms with E-state index in [1.165, 1.54) is 12.1 Å². The van der Waals surface area contributed by atoms with Crippen LogP contribution in [0.1, 0.15) is 10.4 Å². The highest BCUT2D eigenvalue weighted by molar-refractivity contribution is 6.01. The number of carbonyl (C=O) groups excluding carboxylic acids is 1. The maximum atomic E-state index is 13.0. The lowest BCUT2D eigenvalue weighted by Crippen LogP contribution is -2.26. The van der Waals surface area contributed by atoms with Crippen LogP contribution in [-0.4, -0.2) is 34.4 Å². The van der Waals surface area contributed by atoms with Crippen molar-refractivity contribution in [3.63, 3.8) is 0 Å². The third-order valence-corrected chi connectivity index (χ3v) is 3.34. The van der Waals surface area contributed by atoms with E-state index < -0.39 is 0 Å². The molecule has 112 valence electrons. The number of nitrogens with one attached hydrogen (secondary N) is 2. The number of carbonyl (C=O) groups is 1. The van der Waals surface area contributed by atoms with Crippen LogP contribution in [0.3, 0.4) is 0 Å². The molecular weight excluding hydrogens is 285 g/mol. The van der Waals surface area contributed by atoms with Crippen LogP contribution >= 0.6 is 0 Å². The van der Waals surface area contributed by atoms with Crippen LogP contribution in [0.5, 0.6) is 0 Å². The molecule has 0 atom stereocenters. The van der Waals surface area contributed by atoms with Crippen molar-refractivity contribution in [2.24, 2.45) is 0 Å². The van der Waals surface area contributed by atoms with Crippen molar-refractivity contribution in [1.29, 1.82) is 0 Å². The van der Waals surface area contributed by atoms with Crippen LogP contribution in [0.25, 0.3) is 22.2 Å². The number of hydrogen-bond acceptors (Lipinski definition) is 3. The molecule has 1 amide bonds. The minimum absolute atomic E-state index is 0.111. The van der Waals surface area contributed by atoms with Crippen molar-refractivity contribution in [3.8, 4) is 11.3 Å². The fourth-order valence-electron chi connectivity index (χ4n) is 2.25. The maximum absolute atomic E-state index is 13.0. The second kappa shape index (κ2) is 5.95. The number of aliphatic hydroxyl groups excluding tert-OH is 1. The predicted molar refractivity (Wildman–Crippen MR) is 80.9 cm³/mol. The maximum Gasteiger partial charge on any atom is 0.251 e. The summed E-state index contributed by atoms with van der Waals surface area (Å²) in [6.07, 6.45) is 0. The Kier molecular flexibility index (Phi) is 3.84. The standard InChI is InChI=1S/C16H14FN3O2/c17-12-4-1-10(2-5-12)15-13-9-11(16(22)18-7-8-21)3-6-14(13)19-20-15/h1-6,9,21H,7-8H2,(H,18,22)(H,19,20). The van der Waals surface area contributed by atoms with Crippen molar-refractivity contribution < 1.29 is 14.3 Å². The number of aromatic nitrogens is 2. The van der Waals surface area contributed by atoms with E-state index in [-0.39, 0.29) is 24.9 Å². The van der Waals surface area contributed by atoms with Gasteiger partial charge in [-0.2, -0.15) is 5.10 Å². The second-order valence-electron chi connectivity index (χ2n) is 4.82. The number of nitrogens with zero attached hydrogens (tertiary/aromatic N) is 1. The van der Waals surface area contributed by atoms with Gasteiger partial charge in [0.15, 0.2) is 0 Å². The first kappa shape index (κ1) is 14.2. The van der Waals surface area contributed by atoms with Gasteiger partial charge >= 0.3 is 0 Å². The van der Waals surface area contributed by atoms with Crippen LogP contribution in [0.15, 0.2) is 42.5 Å². The van der Waals surface area contributed by atoms with Crippen molar-refractivity contribution in [3.05, 3.63) is 53.8 Å². The van der Waals surface area contributed by atoms with E-state index in [4.69, 9.17) is 5.11 Å². The number of fused-ring (bicyclic) bond motifs is 1. The second-order valence-corrected chi connectivity index (χ2v) is 4.82. The first-order chi connectivity index (χ1) is 10.7. The van der Waals surface area contributed by atoms with Gasteiger partial charge in [-0.05, 0) is 42.5 Å². The fourth-order valence-corrected chi connectivity index (χ4v) is 2.25. The van der Waals surface area contributed by atoms with E-state index in [1.807, 2.05) is 0 Å². The minimum Gasteiger partial charge on any atom is -0.395 e. The SMILES string of the molecule is O=C(NCCO)c1ccc2[nH]nc(-c3ccc(F)cc3)c2c1. The van der Waals surface area contributed by atoms with Crippen LogP contribution < -0.4 is 5.32 Å². The lowest BCUT2D eigenvalue weighted by Gasteiger charge is -2.04. The van der Waals surface area contributed by atoms with Gasteiger partial charge in [0.2, 0.25) is 0 Å². The lowest BCUT2D eigenvalue weighted by molar-refractivity contribution is 0.0945. The number of benzene rings is 2. The Balaban J connectivity index is 2.01. The molecule has 0 aliphatic carbocycles. The largest absolute Gasteiger partial charge is 0.395 e. The fraction of sp³-hybridized carbons (Fsp3) is 0.125. The lowest BCUT2D eigenvalue weighted by atomic mass is 10.1. The van der Waals surface area contributed by atoms with Crippen LogP contribution in [-0.2, 0) is 0 Å². The number of H-pyrrole nitrogens is 1. The Labute approximate surface area is 125 Å². The Morgan fingerprint density at radius 3 is 2.73 bits per heavy atom. The van der Waals surface area contributed by atoms with Gasteiger partial charge in [-0.3, -0.25) is 9.89 Å². The Hall–Kier alpha value is -2.73. The molecule has 0 fully saturated rings. The number of aliphatic hydroxyl groups is 1. The molecule has 6 heteroatoms. The van der Waals surface area contributed by atoms with E-state index in [2.05, 4.69) is 15.5 Å². The number of aromatic amines is 1. The topological polar surface area (TPSA) is 78.0 Å². The monoisotopic (exact) mass is 299 g/mol. The third-order valence-electron chi connectivity index (χ3n) is 3.34. The first-order valence-corrected chi connectivity index (χ1v) is 6.82. The molecule has 1 aromatic heterocycles. The molecule has 0 spiro atoms. The number of hydrogen-bond donors (Lipinski definition) is 3. The summed E-state index contributed by atoms with van der Waals surface area (Å²) in [4.78, 5) is 12.0. The van der Waals surface area contributed by atoms with E-state index in [0.29, 0.717) is 11.3 Å². The average molecular weight is 299 g/mol. The van der Waals surface area contributed by atoms with Crippen LogP contribution in [0.2, 0.25) is 0 Å². The summed E-state index contributed by atoms with van der Waals surface area (Å²) in [5, 5.41) is 19.3. The van der Waals surface area contributed by atoms with Gasteiger partial charge < -0.3 is 10.4 Å². The highest BCUT2D eigenvalue weighted by atomic mass is 19.1. The molecule has 0 aliphatic rings. The molecule has 3 aromatic rings. The van der Waals surface area contributed by atoms with E-state index in [0.717, 1.165) is 16.5 Å². The Morgan fingerprint density at radius 2 is 2.00 bits per heavy atom. The molecule has 5 nitrogen and oxygen atoms in total. The summed E-state index contributed by atoms with van der Waals surface area (Å²) in [5.41, 5.74) is 2.69. The smallest absolute Gasteiger partial charge is 0.251 e. The van der Waals surface area contributed by atoms with Gasteiger partial charge in [-0.25, -0.2) is 4.39 Å². The zero-order valence-electron chi connectivity index (χ0n) is 11.6. The normalized spacial score (nSPS) is 10.8. The molecule has 2 aromatic carbocycles. The van der Waals surface area contributed by atoms with Crippen molar-refractivity contribution in [1.82, 2.24) is 15.5 Å². The quantitative estimate of drug-likeness (QED) is 0.690. The van der Waals surface area contributed by atoms with Crippen molar-refractivity contribution in [2.45, 2.75) is 0 Å². The first-order valence-electron chi connectivity index (χ1n) is 6.82. The summed E-state index contributed by atoms with van der Waals surface area (Å²) >= 11 is 0. The molecule has 0 radical (unpaired) electrons. The molecule has 22 heavy (non-hydrogen) atoms. The van der Waals surface area contributed by atoms with E-state index in [1.54, 1.807) is 30.3 Å². The minimum atomic E-state index is -0.312. The highest BCUT2D eigenvalue weighted by Gasteiger charge is 2.12. The van der Waals surface area contributed by atoms with Gasteiger partial charge in [0, 0.05) is 23.1 Å². The Morgan fingerprint density at radius 1 is 1.23 bits per heavy atom. The van der Waals surface area contributed by atoms with E-state index >= 15 is 0 Å². The summed E-state index contributed by atoms with van der Waals surface area (Å²) < 4.78 is 13.0. The van der Waals surface area contributed by atoms with Gasteiger partial charge in [0.05, 0.1) is 17.8 Å². The summed E-state index contributed by atoms with van der Waals surface area (Å²) in [6, 6.07) is 11.2. The average Bonchev–Trinajstić information content (AvgIpc) is 2.96. The van der Waals surface area contributed by atoms with E-state index in [9.17, 15) is 9.18 Å². The molecule has 0 bridgehead atoms. The molecule has 0 saturated heterocycles.